The largest absolute Gasteiger partial charge is 0.344 e. The lowest BCUT2D eigenvalue weighted by atomic mass is 10.4. The van der Waals surface area contributed by atoms with Crippen LogP contribution < -0.4 is 5.32 Å². The second-order valence-electron chi connectivity index (χ2n) is 2.02. The fraction of sp³-hybridized carbons (Fsp3) is 0.625. The number of nitrogens with one attached hydrogen (secondary N) is 1. The second-order valence-corrected chi connectivity index (χ2v) is 3.20. The summed E-state index contributed by atoms with van der Waals surface area (Å²) in [4.78, 5) is 11.0. The predicted octanol–water partition coefficient (Wildman–Crippen LogP) is 0.877. The van der Waals surface area contributed by atoms with Crippen LogP contribution in [0.3, 0.4) is 0 Å². The quantitative estimate of drug-likeness (QED) is 0.639. The van der Waals surface area contributed by atoms with E-state index in [-0.39, 0.29) is 11.2 Å². The summed E-state index contributed by atoms with van der Waals surface area (Å²) in [7, 11) is 0. The SMILES string of the molecule is CC#CCNC(=O)C(C)SC. The average Bonchev–Trinajstić information content (AvgIpc) is 2.03. The normalized spacial score (nSPS) is 11.2. The molecule has 62 valence electrons. The number of amides is 1. The summed E-state index contributed by atoms with van der Waals surface area (Å²) in [5.41, 5.74) is 0. The topological polar surface area (TPSA) is 29.1 Å². The minimum Gasteiger partial charge on any atom is -0.344 e. The van der Waals surface area contributed by atoms with Crippen molar-refractivity contribution in [3.63, 3.8) is 0 Å². The third-order valence-corrected chi connectivity index (χ3v) is 2.17. The molecule has 1 N–H and O–H groups in total. The molecule has 0 saturated carbocycles. The number of hydrogen-bond acceptors (Lipinski definition) is 2. The molecule has 0 fully saturated rings. The molecule has 0 aromatic rings. The summed E-state index contributed by atoms with van der Waals surface area (Å²) >= 11 is 1.53. The molecular formula is C8H13NOS. The number of carbonyl (C=O) groups is 1. The van der Waals surface area contributed by atoms with Gasteiger partial charge in [0.2, 0.25) is 5.91 Å². The Hall–Kier alpha value is -0.620. The molecule has 0 bridgehead atoms. The van der Waals surface area contributed by atoms with Gasteiger partial charge < -0.3 is 5.32 Å². The van der Waals surface area contributed by atoms with E-state index in [1.54, 1.807) is 6.92 Å². The van der Waals surface area contributed by atoms with E-state index >= 15 is 0 Å². The lowest BCUT2D eigenvalue weighted by Gasteiger charge is -2.05. The Kier molecular flexibility index (Phi) is 5.77. The first-order valence-corrected chi connectivity index (χ1v) is 4.71. The number of carbonyl (C=O) groups excluding carboxylic acids is 1. The molecule has 1 unspecified atom stereocenters. The molecule has 0 aliphatic heterocycles. The van der Waals surface area contributed by atoms with Crippen LogP contribution >= 0.6 is 11.8 Å². The summed E-state index contributed by atoms with van der Waals surface area (Å²) in [6.45, 7) is 4.09. The number of rotatable bonds is 3. The highest BCUT2D eigenvalue weighted by molar-refractivity contribution is 7.99. The van der Waals surface area contributed by atoms with E-state index in [2.05, 4.69) is 17.2 Å². The zero-order valence-corrected chi connectivity index (χ0v) is 7.92. The van der Waals surface area contributed by atoms with Gasteiger partial charge >= 0.3 is 0 Å². The Morgan fingerprint density at radius 3 is 2.82 bits per heavy atom. The maximum atomic E-state index is 11.0. The van der Waals surface area contributed by atoms with E-state index in [1.165, 1.54) is 11.8 Å². The van der Waals surface area contributed by atoms with Crippen molar-refractivity contribution < 1.29 is 4.79 Å². The molecule has 1 amide bonds. The average molecular weight is 171 g/mol. The van der Waals surface area contributed by atoms with Gasteiger partial charge in [0, 0.05) is 0 Å². The number of thioether (sulfide) groups is 1. The van der Waals surface area contributed by atoms with Crippen LogP contribution in [-0.2, 0) is 4.79 Å². The van der Waals surface area contributed by atoms with Gasteiger partial charge in [-0.3, -0.25) is 4.79 Å². The van der Waals surface area contributed by atoms with Gasteiger partial charge in [-0.25, -0.2) is 0 Å². The van der Waals surface area contributed by atoms with Crippen molar-refractivity contribution in [1.82, 2.24) is 5.32 Å². The van der Waals surface area contributed by atoms with Gasteiger partial charge in [0.1, 0.15) is 0 Å². The van der Waals surface area contributed by atoms with Gasteiger partial charge in [0.25, 0.3) is 0 Å². The van der Waals surface area contributed by atoms with Crippen molar-refractivity contribution in [3.05, 3.63) is 0 Å². The van der Waals surface area contributed by atoms with Crippen molar-refractivity contribution in [2.75, 3.05) is 12.8 Å². The highest BCUT2D eigenvalue weighted by Crippen LogP contribution is 2.03. The first-order valence-electron chi connectivity index (χ1n) is 3.42. The summed E-state index contributed by atoms with van der Waals surface area (Å²) in [5.74, 6) is 5.53. The van der Waals surface area contributed by atoms with Gasteiger partial charge in [0.05, 0.1) is 11.8 Å². The lowest BCUT2D eigenvalue weighted by molar-refractivity contribution is -0.120. The zero-order valence-electron chi connectivity index (χ0n) is 7.10. The van der Waals surface area contributed by atoms with Crippen LogP contribution in [0.25, 0.3) is 0 Å². The second kappa shape index (κ2) is 6.11. The molecule has 0 aromatic carbocycles. The van der Waals surface area contributed by atoms with E-state index < -0.39 is 0 Å². The molecule has 0 aromatic heterocycles. The van der Waals surface area contributed by atoms with Crippen LogP contribution in [0, 0.1) is 11.8 Å². The summed E-state index contributed by atoms with van der Waals surface area (Å²) in [6.07, 6.45) is 1.91. The molecule has 0 aliphatic carbocycles. The van der Waals surface area contributed by atoms with Gasteiger partial charge in [-0.15, -0.1) is 5.92 Å². The highest BCUT2D eigenvalue weighted by Gasteiger charge is 2.08. The Bertz CT molecular complexity index is 180. The maximum Gasteiger partial charge on any atom is 0.233 e. The van der Waals surface area contributed by atoms with Crippen molar-refractivity contribution in [1.29, 1.82) is 0 Å². The van der Waals surface area contributed by atoms with Gasteiger partial charge in [-0.05, 0) is 20.1 Å². The monoisotopic (exact) mass is 171 g/mol. The summed E-state index contributed by atoms with van der Waals surface area (Å²) in [6, 6.07) is 0. The molecule has 3 heteroatoms. The van der Waals surface area contributed by atoms with E-state index in [0.29, 0.717) is 6.54 Å². The van der Waals surface area contributed by atoms with Crippen LogP contribution in [0.5, 0.6) is 0 Å². The molecule has 0 aliphatic rings. The molecule has 0 saturated heterocycles. The van der Waals surface area contributed by atoms with Crippen molar-refractivity contribution >= 4 is 17.7 Å². The Morgan fingerprint density at radius 2 is 2.36 bits per heavy atom. The fourth-order valence-corrected chi connectivity index (χ4v) is 0.768. The maximum absolute atomic E-state index is 11.0. The van der Waals surface area contributed by atoms with Crippen molar-refractivity contribution in [3.8, 4) is 11.8 Å². The summed E-state index contributed by atoms with van der Waals surface area (Å²) in [5, 5.41) is 2.72. The van der Waals surface area contributed by atoms with Crippen LogP contribution in [0.1, 0.15) is 13.8 Å². The third-order valence-electron chi connectivity index (χ3n) is 1.25. The molecular weight excluding hydrogens is 158 g/mol. The Labute approximate surface area is 72.1 Å². The minimum absolute atomic E-state index is 0.0219. The van der Waals surface area contributed by atoms with Crippen LogP contribution in [-0.4, -0.2) is 24.0 Å². The molecule has 0 heterocycles. The molecule has 11 heavy (non-hydrogen) atoms. The predicted molar refractivity (Wildman–Crippen MR) is 49.4 cm³/mol. The molecule has 0 radical (unpaired) electrons. The van der Waals surface area contributed by atoms with Crippen molar-refractivity contribution in [2.45, 2.75) is 19.1 Å². The standard InChI is InChI=1S/C8H13NOS/c1-4-5-6-9-8(10)7(2)11-3/h7H,6H2,1-3H3,(H,9,10). The Balaban J connectivity index is 3.57. The van der Waals surface area contributed by atoms with Gasteiger partial charge in [-0.1, -0.05) is 5.92 Å². The van der Waals surface area contributed by atoms with E-state index in [9.17, 15) is 4.79 Å². The molecule has 2 nitrogen and oxygen atoms in total. The molecule has 1 atom stereocenters. The fourth-order valence-electron chi connectivity index (χ4n) is 0.470. The minimum atomic E-state index is 0.0219. The zero-order chi connectivity index (χ0) is 8.69. The first kappa shape index (κ1) is 10.4. The molecule has 0 spiro atoms. The van der Waals surface area contributed by atoms with Crippen LogP contribution in [0.15, 0.2) is 0 Å². The van der Waals surface area contributed by atoms with E-state index in [0.717, 1.165) is 0 Å². The Morgan fingerprint density at radius 1 is 1.73 bits per heavy atom. The number of hydrogen-bond donors (Lipinski definition) is 1. The van der Waals surface area contributed by atoms with Crippen LogP contribution in [0.4, 0.5) is 0 Å². The van der Waals surface area contributed by atoms with Gasteiger partial charge in [0.15, 0.2) is 0 Å². The van der Waals surface area contributed by atoms with Gasteiger partial charge in [-0.2, -0.15) is 11.8 Å². The summed E-state index contributed by atoms with van der Waals surface area (Å²) < 4.78 is 0. The lowest BCUT2D eigenvalue weighted by Crippen LogP contribution is -2.30. The van der Waals surface area contributed by atoms with E-state index in [4.69, 9.17) is 0 Å². The first-order chi connectivity index (χ1) is 5.22. The van der Waals surface area contributed by atoms with Crippen molar-refractivity contribution in [2.24, 2.45) is 0 Å². The van der Waals surface area contributed by atoms with E-state index in [1.807, 2.05) is 13.2 Å². The third kappa shape index (κ3) is 4.74. The molecule has 0 rings (SSSR count). The highest BCUT2D eigenvalue weighted by atomic mass is 32.2. The van der Waals surface area contributed by atoms with Crippen LogP contribution in [0.2, 0.25) is 0 Å². The smallest absolute Gasteiger partial charge is 0.233 e.